The summed E-state index contributed by atoms with van der Waals surface area (Å²) in [7, 11) is 1.64. The first-order chi connectivity index (χ1) is 13.6. The molecule has 1 aromatic carbocycles. The number of hydrogen-bond donors (Lipinski definition) is 1. The van der Waals surface area contributed by atoms with Gasteiger partial charge in [0.25, 0.3) is 0 Å². The average molecular weight is 400 g/mol. The highest BCUT2D eigenvalue weighted by Crippen LogP contribution is 2.29. The van der Waals surface area contributed by atoms with Crippen molar-refractivity contribution in [3.63, 3.8) is 0 Å². The number of imidazole rings is 1. The lowest BCUT2D eigenvalue weighted by molar-refractivity contribution is -0.125. The number of ether oxygens (including phenoxy) is 1. The lowest BCUT2D eigenvalue weighted by Gasteiger charge is -2.31. The maximum atomic E-state index is 12.4. The zero-order chi connectivity index (χ0) is 19.5. The summed E-state index contributed by atoms with van der Waals surface area (Å²) in [6.45, 7) is 4.78. The van der Waals surface area contributed by atoms with Gasteiger partial charge in [-0.15, -0.1) is 5.10 Å². The van der Waals surface area contributed by atoms with Crippen molar-refractivity contribution in [3.8, 4) is 11.3 Å². The van der Waals surface area contributed by atoms with E-state index in [4.69, 9.17) is 14.8 Å². The van der Waals surface area contributed by atoms with Crippen LogP contribution in [-0.4, -0.2) is 53.9 Å². The van der Waals surface area contributed by atoms with E-state index in [1.54, 1.807) is 18.4 Å². The number of methoxy groups -OCH3 is 1. The van der Waals surface area contributed by atoms with Crippen LogP contribution in [0, 0.1) is 12.8 Å². The first kappa shape index (κ1) is 18.9. The van der Waals surface area contributed by atoms with Crippen LogP contribution in [0.3, 0.4) is 0 Å². The van der Waals surface area contributed by atoms with Crippen LogP contribution < -0.4 is 10.2 Å². The van der Waals surface area contributed by atoms with E-state index in [1.807, 2.05) is 10.7 Å². The lowest BCUT2D eigenvalue weighted by Crippen LogP contribution is -2.43. The molecule has 8 heteroatoms. The molecule has 0 spiro atoms. The number of anilines is 1. The number of benzene rings is 1. The summed E-state index contributed by atoms with van der Waals surface area (Å²) < 4.78 is 6.84. The first-order valence-corrected chi connectivity index (χ1v) is 10.4. The fourth-order valence-electron chi connectivity index (χ4n) is 3.47. The van der Waals surface area contributed by atoms with Gasteiger partial charge in [0.05, 0.1) is 24.4 Å². The van der Waals surface area contributed by atoms with E-state index >= 15 is 0 Å². The number of fused-ring (bicyclic) bond motifs is 1. The third-order valence-electron chi connectivity index (χ3n) is 5.05. The van der Waals surface area contributed by atoms with E-state index in [1.165, 1.54) is 5.56 Å². The minimum Gasteiger partial charge on any atom is -0.383 e. The van der Waals surface area contributed by atoms with E-state index in [9.17, 15) is 4.79 Å². The molecule has 1 aliphatic rings. The van der Waals surface area contributed by atoms with Crippen molar-refractivity contribution in [2.75, 3.05) is 38.3 Å². The molecule has 1 amide bonds. The van der Waals surface area contributed by atoms with Gasteiger partial charge >= 0.3 is 0 Å². The van der Waals surface area contributed by atoms with Gasteiger partial charge in [0.15, 0.2) is 0 Å². The summed E-state index contributed by atoms with van der Waals surface area (Å²) in [6, 6.07) is 8.35. The van der Waals surface area contributed by atoms with Crippen molar-refractivity contribution in [1.82, 2.24) is 19.9 Å². The van der Waals surface area contributed by atoms with Gasteiger partial charge in [0.2, 0.25) is 16.0 Å². The molecule has 1 saturated heterocycles. The van der Waals surface area contributed by atoms with Crippen molar-refractivity contribution < 1.29 is 9.53 Å². The van der Waals surface area contributed by atoms with Gasteiger partial charge in [0.1, 0.15) is 0 Å². The Labute approximate surface area is 168 Å². The molecule has 1 N–H and O–H groups in total. The topological polar surface area (TPSA) is 71.8 Å². The van der Waals surface area contributed by atoms with Gasteiger partial charge in [-0.1, -0.05) is 41.2 Å². The lowest BCUT2D eigenvalue weighted by atomic mass is 9.97. The number of nitrogens with one attached hydrogen (secondary N) is 1. The molecule has 3 aromatic rings. The largest absolute Gasteiger partial charge is 0.383 e. The Morgan fingerprint density at radius 3 is 2.93 bits per heavy atom. The number of carbonyl (C=O) groups is 1. The van der Waals surface area contributed by atoms with Crippen molar-refractivity contribution >= 4 is 27.3 Å². The minimum absolute atomic E-state index is 0.00931. The Morgan fingerprint density at radius 1 is 1.36 bits per heavy atom. The average Bonchev–Trinajstić information content (AvgIpc) is 3.28. The van der Waals surface area contributed by atoms with Crippen LogP contribution in [0.15, 0.2) is 30.5 Å². The second kappa shape index (κ2) is 8.28. The van der Waals surface area contributed by atoms with E-state index in [2.05, 4.69) is 41.4 Å². The number of aromatic nitrogens is 3. The molecule has 148 valence electrons. The monoisotopic (exact) mass is 399 g/mol. The molecular formula is C20H25N5O2S. The quantitative estimate of drug-likeness (QED) is 0.646. The third kappa shape index (κ3) is 4.02. The number of rotatable bonds is 6. The summed E-state index contributed by atoms with van der Waals surface area (Å²) in [5.41, 5.74) is 3.26. The Hall–Kier alpha value is -2.45. The van der Waals surface area contributed by atoms with Crippen LogP contribution in [-0.2, 0) is 9.53 Å². The summed E-state index contributed by atoms with van der Waals surface area (Å²) in [6.07, 6.45) is 3.87. The zero-order valence-corrected chi connectivity index (χ0v) is 17.0. The summed E-state index contributed by atoms with van der Waals surface area (Å²) in [5.74, 6) is 0.0923. The molecule has 3 heterocycles. The number of hydrogen-bond acceptors (Lipinski definition) is 6. The number of amides is 1. The van der Waals surface area contributed by atoms with Gasteiger partial charge < -0.3 is 15.0 Å². The molecule has 1 unspecified atom stereocenters. The highest BCUT2D eigenvalue weighted by atomic mass is 32.1. The predicted molar refractivity (Wildman–Crippen MR) is 111 cm³/mol. The standard InChI is InChI=1S/C20H25N5O2S/c1-14-5-7-15(8-6-14)17-13-25-19(22-17)28-20(23-25)24-10-3-4-16(12-24)18(26)21-9-11-27-2/h5-8,13,16H,3-4,9-12H2,1-2H3,(H,21,26). The van der Waals surface area contributed by atoms with E-state index < -0.39 is 0 Å². The fourth-order valence-corrected chi connectivity index (χ4v) is 4.38. The highest BCUT2D eigenvalue weighted by molar-refractivity contribution is 7.20. The van der Waals surface area contributed by atoms with Crippen molar-refractivity contribution in [3.05, 3.63) is 36.0 Å². The van der Waals surface area contributed by atoms with Gasteiger partial charge in [-0.25, -0.2) is 9.50 Å². The molecule has 0 saturated carbocycles. The van der Waals surface area contributed by atoms with E-state index in [0.29, 0.717) is 19.7 Å². The van der Waals surface area contributed by atoms with Crippen LogP contribution in [0.4, 0.5) is 5.13 Å². The van der Waals surface area contributed by atoms with E-state index in [0.717, 1.165) is 40.7 Å². The molecule has 4 rings (SSSR count). The summed E-state index contributed by atoms with van der Waals surface area (Å²) in [4.78, 5) is 20.2. The van der Waals surface area contributed by atoms with Gasteiger partial charge in [-0.05, 0) is 19.8 Å². The maximum Gasteiger partial charge on any atom is 0.224 e. The fraction of sp³-hybridized carbons (Fsp3) is 0.450. The predicted octanol–water partition coefficient (Wildman–Crippen LogP) is 2.75. The van der Waals surface area contributed by atoms with E-state index in [-0.39, 0.29) is 11.8 Å². The molecular weight excluding hydrogens is 374 g/mol. The number of carbonyl (C=O) groups excluding carboxylic acids is 1. The molecule has 1 atom stereocenters. The second-order valence-corrected chi connectivity index (χ2v) is 8.11. The van der Waals surface area contributed by atoms with Crippen LogP contribution in [0.1, 0.15) is 18.4 Å². The first-order valence-electron chi connectivity index (χ1n) is 9.59. The Balaban J connectivity index is 1.46. The molecule has 0 radical (unpaired) electrons. The highest BCUT2D eigenvalue weighted by Gasteiger charge is 2.27. The van der Waals surface area contributed by atoms with Gasteiger partial charge in [-0.2, -0.15) is 0 Å². The molecule has 0 aliphatic carbocycles. The van der Waals surface area contributed by atoms with Crippen LogP contribution in [0.25, 0.3) is 16.2 Å². The van der Waals surface area contributed by atoms with Gasteiger partial charge in [0, 0.05) is 32.3 Å². The Kier molecular flexibility index (Phi) is 5.59. The third-order valence-corrected chi connectivity index (χ3v) is 6.03. The molecule has 7 nitrogen and oxygen atoms in total. The van der Waals surface area contributed by atoms with Crippen molar-refractivity contribution in [1.29, 1.82) is 0 Å². The summed E-state index contributed by atoms with van der Waals surface area (Å²) in [5, 5.41) is 8.59. The molecule has 28 heavy (non-hydrogen) atoms. The SMILES string of the molecule is COCCNC(=O)C1CCCN(c2nn3cc(-c4ccc(C)cc4)nc3s2)C1. The minimum atomic E-state index is -0.00931. The van der Waals surface area contributed by atoms with Crippen LogP contribution in [0.2, 0.25) is 0 Å². The molecule has 2 aromatic heterocycles. The summed E-state index contributed by atoms with van der Waals surface area (Å²) >= 11 is 1.57. The van der Waals surface area contributed by atoms with Crippen LogP contribution in [0.5, 0.6) is 0 Å². The molecule has 1 aliphatic heterocycles. The Bertz CT molecular complexity index is 918. The second-order valence-electron chi connectivity index (χ2n) is 7.17. The maximum absolute atomic E-state index is 12.4. The van der Waals surface area contributed by atoms with Crippen molar-refractivity contribution in [2.24, 2.45) is 5.92 Å². The van der Waals surface area contributed by atoms with Gasteiger partial charge in [-0.3, -0.25) is 4.79 Å². The number of piperidine rings is 1. The normalized spacial score (nSPS) is 17.2. The van der Waals surface area contributed by atoms with Crippen LogP contribution >= 0.6 is 11.3 Å². The number of aryl methyl sites for hydroxylation is 1. The van der Waals surface area contributed by atoms with Crippen molar-refractivity contribution in [2.45, 2.75) is 19.8 Å². The Morgan fingerprint density at radius 2 is 2.18 bits per heavy atom. The molecule has 1 fully saturated rings. The zero-order valence-electron chi connectivity index (χ0n) is 16.2. The number of nitrogens with zero attached hydrogens (tertiary/aromatic N) is 4. The molecule has 0 bridgehead atoms. The smallest absolute Gasteiger partial charge is 0.224 e.